The highest BCUT2D eigenvalue weighted by Gasteiger charge is 2.11. The topological polar surface area (TPSA) is 90.2 Å². The van der Waals surface area contributed by atoms with E-state index in [-0.39, 0.29) is 24.7 Å². The lowest BCUT2D eigenvalue weighted by atomic mass is 9.98. The van der Waals surface area contributed by atoms with Gasteiger partial charge in [0.05, 0.1) is 13.2 Å². The summed E-state index contributed by atoms with van der Waals surface area (Å²) in [5.41, 5.74) is 3.50. The molecule has 26 heavy (non-hydrogen) atoms. The second-order valence-electron chi connectivity index (χ2n) is 5.94. The predicted molar refractivity (Wildman–Crippen MR) is 99.2 cm³/mol. The number of aliphatic hydroxyl groups excluding tert-OH is 2. The molecule has 0 heterocycles. The normalized spacial score (nSPS) is 10.9. The molecule has 0 amide bonds. The third-order valence-corrected chi connectivity index (χ3v) is 4.02. The summed E-state index contributed by atoms with van der Waals surface area (Å²) in [6.07, 6.45) is -0.710. The number of rotatable bonds is 6. The van der Waals surface area contributed by atoms with E-state index in [1.165, 1.54) is 0 Å². The molecule has 5 nitrogen and oxygen atoms in total. The summed E-state index contributed by atoms with van der Waals surface area (Å²) in [7, 11) is 0. The van der Waals surface area contributed by atoms with Crippen molar-refractivity contribution >= 4 is 0 Å². The van der Waals surface area contributed by atoms with Crippen LogP contribution in [0.2, 0.25) is 0 Å². The largest absolute Gasteiger partial charge is 0.508 e. The van der Waals surface area contributed by atoms with Crippen LogP contribution >= 0.6 is 0 Å². The van der Waals surface area contributed by atoms with Crippen molar-refractivity contribution in [1.29, 1.82) is 0 Å². The summed E-state index contributed by atoms with van der Waals surface area (Å²) < 4.78 is 5.69. The average Bonchev–Trinajstić information content (AvgIpc) is 2.67. The molecule has 0 fully saturated rings. The summed E-state index contributed by atoms with van der Waals surface area (Å²) in [5.74, 6) is 0.868. The van der Waals surface area contributed by atoms with Crippen LogP contribution in [-0.2, 0) is 0 Å². The van der Waals surface area contributed by atoms with Gasteiger partial charge in [-0.3, -0.25) is 0 Å². The number of hydrogen-bond acceptors (Lipinski definition) is 5. The van der Waals surface area contributed by atoms with E-state index in [4.69, 9.17) is 4.74 Å². The van der Waals surface area contributed by atoms with Crippen LogP contribution in [0.3, 0.4) is 0 Å². The van der Waals surface area contributed by atoms with Gasteiger partial charge in [-0.1, -0.05) is 24.3 Å². The van der Waals surface area contributed by atoms with Crippen molar-refractivity contribution in [2.75, 3.05) is 13.2 Å². The van der Waals surface area contributed by atoms with Crippen LogP contribution in [0.1, 0.15) is 0 Å². The van der Waals surface area contributed by atoms with Crippen molar-refractivity contribution in [3.63, 3.8) is 0 Å². The second-order valence-corrected chi connectivity index (χ2v) is 5.94. The molecule has 134 valence electrons. The SMILES string of the molecule is OCC(CO)Oc1cc(-c2ccc(O)cc2)cc(-c2ccc(O)cc2)c1. The van der Waals surface area contributed by atoms with E-state index >= 15 is 0 Å². The van der Waals surface area contributed by atoms with Crippen molar-refractivity contribution in [3.05, 3.63) is 66.7 Å². The van der Waals surface area contributed by atoms with Gasteiger partial charge in [0.25, 0.3) is 0 Å². The van der Waals surface area contributed by atoms with E-state index in [1.807, 2.05) is 18.2 Å². The first-order chi connectivity index (χ1) is 12.6. The van der Waals surface area contributed by atoms with Gasteiger partial charge in [0, 0.05) is 0 Å². The first kappa shape index (κ1) is 17.8. The highest BCUT2D eigenvalue weighted by atomic mass is 16.5. The Kier molecular flexibility index (Phi) is 5.41. The maximum absolute atomic E-state index is 9.50. The van der Waals surface area contributed by atoms with Crippen LogP contribution in [0.15, 0.2) is 66.7 Å². The van der Waals surface area contributed by atoms with Crippen LogP contribution < -0.4 is 4.74 Å². The lowest BCUT2D eigenvalue weighted by Gasteiger charge is -2.17. The van der Waals surface area contributed by atoms with Crippen LogP contribution in [0.25, 0.3) is 22.3 Å². The lowest BCUT2D eigenvalue weighted by molar-refractivity contribution is 0.0630. The summed E-state index contributed by atoms with van der Waals surface area (Å²) in [6.45, 7) is -0.594. The minimum Gasteiger partial charge on any atom is -0.508 e. The molecule has 3 aromatic carbocycles. The van der Waals surface area contributed by atoms with Crippen molar-refractivity contribution in [1.82, 2.24) is 0 Å². The molecular weight excluding hydrogens is 332 g/mol. The average molecular weight is 352 g/mol. The Morgan fingerprint density at radius 3 is 1.42 bits per heavy atom. The fourth-order valence-electron chi connectivity index (χ4n) is 2.63. The number of aliphatic hydroxyl groups is 2. The van der Waals surface area contributed by atoms with Gasteiger partial charge >= 0.3 is 0 Å². The molecule has 5 heteroatoms. The number of hydrogen-bond donors (Lipinski definition) is 4. The third-order valence-electron chi connectivity index (χ3n) is 4.02. The monoisotopic (exact) mass is 352 g/mol. The first-order valence-electron chi connectivity index (χ1n) is 8.21. The van der Waals surface area contributed by atoms with Gasteiger partial charge < -0.3 is 25.2 Å². The van der Waals surface area contributed by atoms with Crippen molar-refractivity contribution in [3.8, 4) is 39.5 Å². The smallest absolute Gasteiger partial charge is 0.145 e. The zero-order chi connectivity index (χ0) is 18.5. The standard InChI is InChI=1S/C21H20O5/c22-12-21(13-23)26-20-10-16(14-1-5-18(24)6-2-14)9-17(11-20)15-3-7-19(25)8-4-15/h1-11,21-25H,12-13H2. The maximum atomic E-state index is 9.50. The number of phenols is 2. The molecule has 0 aromatic heterocycles. The zero-order valence-electron chi connectivity index (χ0n) is 14.0. The Hall–Kier alpha value is -3.02. The molecule has 0 saturated heterocycles. The first-order valence-corrected chi connectivity index (χ1v) is 8.21. The summed E-state index contributed by atoms with van der Waals surface area (Å²) in [5, 5.41) is 37.6. The highest BCUT2D eigenvalue weighted by Crippen LogP contribution is 2.33. The van der Waals surface area contributed by atoms with E-state index < -0.39 is 6.10 Å². The van der Waals surface area contributed by atoms with Crippen LogP contribution in [0.4, 0.5) is 0 Å². The summed E-state index contributed by atoms with van der Waals surface area (Å²) >= 11 is 0. The maximum Gasteiger partial charge on any atom is 0.145 e. The molecule has 0 aliphatic carbocycles. The lowest BCUT2D eigenvalue weighted by Crippen LogP contribution is -2.25. The van der Waals surface area contributed by atoms with Gasteiger partial charge in [0.2, 0.25) is 0 Å². The molecule has 3 rings (SSSR count). The minimum absolute atomic E-state index is 0.181. The second kappa shape index (κ2) is 7.91. The minimum atomic E-state index is -0.710. The Balaban J connectivity index is 2.06. The van der Waals surface area contributed by atoms with E-state index in [2.05, 4.69) is 0 Å². The van der Waals surface area contributed by atoms with Gasteiger partial charge in [-0.15, -0.1) is 0 Å². The predicted octanol–water partition coefficient (Wildman–Crippen LogP) is 3.16. The van der Waals surface area contributed by atoms with Crippen molar-refractivity contribution in [2.24, 2.45) is 0 Å². The number of phenolic OH excluding ortho intramolecular Hbond substituents is 2. The molecule has 4 N–H and O–H groups in total. The Morgan fingerprint density at radius 1 is 0.615 bits per heavy atom. The molecule has 0 spiro atoms. The molecule has 0 saturated carbocycles. The quantitative estimate of drug-likeness (QED) is 0.547. The zero-order valence-corrected chi connectivity index (χ0v) is 14.0. The number of aromatic hydroxyl groups is 2. The van der Waals surface area contributed by atoms with Gasteiger partial charge in [-0.2, -0.15) is 0 Å². The van der Waals surface area contributed by atoms with Gasteiger partial charge in [0.15, 0.2) is 0 Å². The van der Waals surface area contributed by atoms with Crippen molar-refractivity contribution < 1.29 is 25.2 Å². The molecule has 0 aliphatic rings. The van der Waals surface area contributed by atoms with Crippen LogP contribution in [0, 0.1) is 0 Å². The molecular formula is C21H20O5. The van der Waals surface area contributed by atoms with E-state index in [1.54, 1.807) is 48.5 Å². The Labute approximate surface area is 151 Å². The van der Waals surface area contributed by atoms with Crippen LogP contribution in [-0.4, -0.2) is 39.7 Å². The molecule has 0 bridgehead atoms. The summed E-state index contributed by atoms with van der Waals surface area (Å²) in [4.78, 5) is 0. The highest BCUT2D eigenvalue weighted by molar-refractivity contribution is 5.75. The Morgan fingerprint density at radius 2 is 1.04 bits per heavy atom. The van der Waals surface area contributed by atoms with Gasteiger partial charge in [-0.25, -0.2) is 0 Å². The number of ether oxygens (including phenoxy) is 1. The fourth-order valence-corrected chi connectivity index (χ4v) is 2.63. The molecule has 0 radical (unpaired) electrons. The molecule has 0 unspecified atom stereocenters. The van der Waals surface area contributed by atoms with Gasteiger partial charge in [-0.05, 0) is 64.7 Å². The van der Waals surface area contributed by atoms with E-state index in [0.29, 0.717) is 5.75 Å². The van der Waals surface area contributed by atoms with E-state index in [9.17, 15) is 20.4 Å². The Bertz CT molecular complexity index is 789. The molecule has 3 aromatic rings. The van der Waals surface area contributed by atoms with Crippen LogP contribution in [0.5, 0.6) is 17.2 Å². The number of benzene rings is 3. The van der Waals surface area contributed by atoms with Gasteiger partial charge in [0.1, 0.15) is 23.4 Å². The third kappa shape index (κ3) is 4.14. The van der Waals surface area contributed by atoms with E-state index in [0.717, 1.165) is 22.3 Å². The molecule has 0 aliphatic heterocycles. The summed E-state index contributed by atoms with van der Waals surface area (Å²) in [6, 6.07) is 19.2. The van der Waals surface area contributed by atoms with Crippen molar-refractivity contribution in [2.45, 2.75) is 6.10 Å². The molecule has 0 atom stereocenters. The fraction of sp³-hybridized carbons (Fsp3) is 0.143.